The first-order valence-corrected chi connectivity index (χ1v) is 17.8. The number of aromatic nitrogens is 4. The summed E-state index contributed by atoms with van der Waals surface area (Å²) in [4.78, 5) is 4.72. The molecule has 0 aliphatic rings. The number of para-hydroxylation sites is 1. The number of hydrogen-bond acceptors (Lipinski definition) is 5. The molecule has 52 heavy (non-hydrogen) atoms. The molecule has 0 saturated carbocycles. The van der Waals surface area contributed by atoms with Crippen molar-refractivity contribution in [1.82, 2.24) is 19.3 Å². The van der Waals surface area contributed by atoms with E-state index >= 15 is 0 Å². The Morgan fingerprint density at radius 1 is 0.596 bits per heavy atom. The van der Waals surface area contributed by atoms with Crippen LogP contribution in [0.5, 0.6) is 23.0 Å². The lowest BCUT2D eigenvalue weighted by Gasteiger charge is -2.26. The Bertz CT molecular complexity index is 2450. The molecular formula is C45H48N4O3. The van der Waals surface area contributed by atoms with Gasteiger partial charge in [-0.25, -0.2) is 9.67 Å². The second-order valence-electron chi connectivity index (χ2n) is 15.8. The van der Waals surface area contributed by atoms with Crippen LogP contribution in [0.4, 0.5) is 0 Å². The summed E-state index contributed by atoms with van der Waals surface area (Å²) in [5.74, 6) is 3.86. The number of hydrogen-bond donors (Lipinski definition) is 0. The highest BCUT2D eigenvalue weighted by molar-refractivity contribution is 6.09. The van der Waals surface area contributed by atoms with E-state index < -0.39 is 0 Å². The van der Waals surface area contributed by atoms with Crippen molar-refractivity contribution in [2.24, 2.45) is 0 Å². The molecule has 0 aliphatic carbocycles. The van der Waals surface area contributed by atoms with Gasteiger partial charge in [-0.05, 0) is 91.6 Å². The maximum Gasteiger partial charge on any atom is 0.141 e. The van der Waals surface area contributed by atoms with Gasteiger partial charge in [0.2, 0.25) is 0 Å². The zero-order valence-corrected chi connectivity index (χ0v) is 32.2. The summed E-state index contributed by atoms with van der Waals surface area (Å²) in [5, 5.41) is 7.71. The van der Waals surface area contributed by atoms with Gasteiger partial charge in [-0.2, -0.15) is 5.10 Å². The third kappa shape index (κ3) is 6.19. The van der Waals surface area contributed by atoms with Gasteiger partial charge in [-0.15, -0.1) is 0 Å². The number of benzene rings is 4. The maximum absolute atomic E-state index is 6.73. The molecule has 0 aliphatic heterocycles. The molecule has 7 heteroatoms. The van der Waals surface area contributed by atoms with Gasteiger partial charge in [0, 0.05) is 51.6 Å². The third-order valence-electron chi connectivity index (χ3n) is 9.64. The Morgan fingerprint density at radius 2 is 1.29 bits per heavy atom. The molecule has 266 valence electrons. The average Bonchev–Trinajstić information content (AvgIpc) is 3.65. The zero-order valence-electron chi connectivity index (χ0n) is 32.2. The van der Waals surface area contributed by atoms with Gasteiger partial charge in [0.15, 0.2) is 0 Å². The highest BCUT2D eigenvalue weighted by atomic mass is 16.5. The Kier molecular flexibility index (Phi) is 8.64. The van der Waals surface area contributed by atoms with Gasteiger partial charge in [-0.3, -0.25) is 4.57 Å². The van der Waals surface area contributed by atoms with Crippen LogP contribution in [0.25, 0.3) is 44.4 Å². The first-order valence-electron chi connectivity index (χ1n) is 17.8. The molecule has 0 unspecified atom stereocenters. The molecular weight excluding hydrogens is 645 g/mol. The van der Waals surface area contributed by atoms with Gasteiger partial charge in [0.1, 0.15) is 28.8 Å². The fourth-order valence-electron chi connectivity index (χ4n) is 7.45. The Balaban J connectivity index is 1.39. The van der Waals surface area contributed by atoms with Crippen LogP contribution in [0.1, 0.15) is 69.6 Å². The first-order chi connectivity index (χ1) is 24.7. The van der Waals surface area contributed by atoms with Crippen molar-refractivity contribution in [3.8, 4) is 45.6 Å². The van der Waals surface area contributed by atoms with Crippen LogP contribution in [0.15, 0.2) is 91.1 Å². The normalized spacial score (nSPS) is 12.1. The second kappa shape index (κ2) is 12.9. The highest BCUT2D eigenvalue weighted by Crippen LogP contribution is 2.45. The van der Waals surface area contributed by atoms with Crippen molar-refractivity contribution >= 4 is 21.8 Å². The quantitative estimate of drug-likeness (QED) is 0.166. The molecule has 0 atom stereocenters. The SMILES string of the molecule is COc1ccnc(-n2c3ccccc3c3ccc(Oc4cc(C)cc(-n5nc(C(C)(C)C)c(-c6c(C)cc(OC)cc6C)c5C(C)(C)C)c4)cc32)c1. The molecule has 0 saturated heterocycles. The van der Waals surface area contributed by atoms with Gasteiger partial charge in [0.25, 0.3) is 0 Å². The molecule has 4 aromatic carbocycles. The molecule has 0 N–H and O–H groups in total. The van der Waals surface area contributed by atoms with Crippen LogP contribution in [-0.2, 0) is 10.8 Å². The van der Waals surface area contributed by atoms with Crippen molar-refractivity contribution in [1.29, 1.82) is 0 Å². The molecule has 0 radical (unpaired) electrons. The minimum atomic E-state index is -0.234. The fourth-order valence-corrected chi connectivity index (χ4v) is 7.45. The number of pyridine rings is 1. The average molecular weight is 693 g/mol. The van der Waals surface area contributed by atoms with Crippen molar-refractivity contribution in [3.05, 3.63) is 119 Å². The molecule has 7 aromatic rings. The highest BCUT2D eigenvalue weighted by Gasteiger charge is 2.35. The van der Waals surface area contributed by atoms with E-state index in [0.717, 1.165) is 84.4 Å². The van der Waals surface area contributed by atoms with E-state index in [0.29, 0.717) is 0 Å². The summed E-state index contributed by atoms with van der Waals surface area (Å²) in [6.07, 6.45) is 1.78. The van der Waals surface area contributed by atoms with E-state index in [1.165, 1.54) is 11.1 Å². The number of fused-ring (bicyclic) bond motifs is 3. The fraction of sp³-hybridized carbons (Fsp3) is 0.289. The standard InChI is InChI=1S/C45H48N4O3/c1-27-20-30(49-43(45(7,8)9)41(42(47-49)44(4,5)6)40-28(2)22-33(51-11)23-29(40)3)24-34(21-27)52-32-16-17-36-35-14-12-13-15-37(35)48(38(36)25-32)39-26-31(50-10)18-19-46-39/h12-26H,1-11H3. The van der Waals surface area contributed by atoms with Crippen LogP contribution < -0.4 is 14.2 Å². The lowest BCUT2D eigenvalue weighted by molar-refractivity contribution is 0.414. The molecule has 7 nitrogen and oxygen atoms in total. The van der Waals surface area contributed by atoms with Crippen LogP contribution in [-0.4, -0.2) is 33.6 Å². The van der Waals surface area contributed by atoms with E-state index in [4.69, 9.17) is 24.3 Å². The summed E-state index contributed by atoms with van der Waals surface area (Å²) < 4.78 is 22.2. The molecule has 7 rings (SSSR count). The predicted octanol–water partition coefficient (Wildman–Crippen LogP) is 11.4. The Hall–Kier alpha value is -5.56. The van der Waals surface area contributed by atoms with Crippen molar-refractivity contribution in [2.45, 2.75) is 73.1 Å². The minimum Gasteiger partial charge on any atom is -0.497 e. The van der Waals surface area contributed by atoms with Crippen LogP contribution in [0.3, 0.4) is 0 Å². The number of ether oxygens (including phenoxy) is 3. The van der Waals surface area contributed by atoms with Crippen LogP contribution in [0.2, 0.25) is 0 Å². The topological polar surface area (TPSA) is 63.3 Å². The van der Waals surface area contributed by atoms with Gasteiger partial charge in [0.05, 0.1) is 42.3 Å². The molecule has 0 fully saturated rings. The largest absolute Gasteiger partial charge is 0.497 e. The summed E-state index contributed by atoms with van der Waals surface area (Å²) in [7, 11) is 3.40. The van der Waals surface area contributed by atoms with Crippen molar-refractivity contribution in [2.75, 3.05) is 14.2 Å². The zero-order chi connectivity index (χ0) is 37.1. The molecule has 0 bridgehead atoms. The van der Waals surface area contributed by atoms with Crippen LogP contribution in [0, 0.1) is 20.8 Å². The lowest BCUT2D eigenvalue weighted by Crippen LogP contribution is -2.19. The monoisotopic (exact) mass is 692 g/mol. The second-order valence-corrected chi connectivity index (χ2v) is 15.8. The first kappa shape index (κ1) is 34.9. The van der Waals surface area contributed by atoms with E-state index in [1.54, 1.807) is 20.4 Å². The lowest BCUT2D eigenvalue weighted by atomic mass is 9.79. The van der Waals surface area contributed by atoms with Crippen molar-refractivity contribution < 1.29 is 14.2 Å². The van der Waals surface area contributed by atoms with E-state index in [-0.39, 0.29) is 10.8 Å². The summed E-state index contributed by atoms with van der Waals surface area (Å²) in [6.45, 7) is 20.0. The number of rotatable bonds is 7. The summed E-state index contributed by atoms with van der Waals surface area (Å²) in [6, 6.07) is 29.1. The Morgan fingerprint density at radius 3 is 1.96 bits per heavy atom. The van der Waals surface area contributed by atoms with E-state index in [9.17, 15) is 0 Å². The Labute approximate surface area is 306 Å². The van der Waals surface area contributed by atoms with Gasteiger partial charge in [-0.1, -0.05) is 59.7 Å². The number of aryl methyl sites for hydroxylation is 3. The number of methoxy groups -OCH3 is 2. The minimum absolute atomic E-state index is 0.214. The van der Waals surface area contributed by atoms with Gasteiger partial charge < -0.3 is 14.2 Å². The molecule has 0 spiro atoms. The molecule has 0 amide bonds. The summed E-state index contributed by atoms with van der Waals surface area (Å²) >= 11 is 0. The third-order valence-corrected chi connectivity index (χ3v) is 9.64. The van der Waals surface area contributed by atoms with Gasteiger partial charge >= 0.3 is 0 Å². The number of nitrogens with zero attached hydrogens (tertiary/aromatic N) is 4. The van der Waals surface area contributed by atoms with E-state index in [1.807, 2.05) is 18.2 Å². The predicted molar refractivity (Wildman–Crippen MR) is 212 cm³/mol. The maximum atomic E-state index is 6.73. The molecule has 3 heterocycles. The smallest absolute Gasteiger partial charge is 0.141 e. The summed E-state index contributed by atoms with van der Waals surface area (Å²) in [5.41, 5.74) is 10.6. The van der Waals surface area contributed by atoms with E-state index in [2.05, 4.69) is 138 Å². The van der Waals surface area contributed by atoms with Crippen molar-refractivity contribution in [3.63, 3.8) is 0 Å². The van der Waals surface area contributed by atoms with Crippen LogP contribution >= 0.6 is 0 Å². The molecule has 3 aromatic heterocycles.